The van der Waals surface area contributed by atoms with Crippen LogP contribution in [0.5, 0.6) is 0 Å². The van der Waals surface area contributed by atoms with Crippen molar-refractivity contribution in [3.8, 4) is 0 Å². The number of halogens is 3. The quantitative estimate of drug-likeness (QED) is 0.756. The average Bonchev–Trinajstić information content (AvgIpc) is 2.38. The molecule has 0 fully saturated rings. The van der Waals surface area contributed by atoms with Gasteiger partial charge in [-0.1, -0.05) is 19.8 Å². The van der Waals surface area contributed by atoms with Crippen LogP contribution in [0.25, 0.3) is 0 Å². The minimum Gasteiger partial charge on any atom is -0.480 e. The van der Waals surface area contributed by atoms with E-state index in [0.29, 0.717) is 18.6 Å². The van der Waals surface area contributed by atoms with Crippen LogP contribution in [0.1, 0.15) is 26.2 Å². The molecule has 0 aliphatic carbocycles. The first-order valence-electron chi connectivity index (χ1n) is 6.30. The monoisotopic (exact) mass is 304 g/mol. The van der Waals surface area contributed by atoms with Crippen molar-refractivity contribution in [3.05, 3.63) is 29.6 Å². The Labute approximate surface area is 119 Å². The van der Waals surface area contributed by atoms with Crippen molar-refractivity contribution in [2.75, 3.05) is 5.32 Å². The lowest BCUT2D eigenvalue weighted by Gasteiger charge is -2.15. The van der Waals surface area contributed by atoms with Crippen LogP contribution in [0, 0.1) is 17.5 Å². The molecule has 1 unspecified atom stereocenters. The zero-order chi connectivity index (χ0) is 16.0. The van der Waals surface area contributed by atoms with E-state index in [9.17, 15) is 22.8 Å². The number of carbonyl (C=O) groups excluding carboxylic acids is 1. The first-order valence-corrected chi connectivity index (χ1v) is 6.30. The molecule has 0 spiro atoms. The van der Waals surface area contributed by atoms with Crippen LogP contribution in [-0.4, -0.2) is 23.1 Å². The first kappa shape index (κ1) is 16.8. The number of carbonyl (C=O) groups is 2. The molecule has 1 aromatic carbocycles. The second-order valence-corrected chi connectivity index (χ2v) is 4.38. The fourth-order valence-electron chi connectivity index (χ4n) is 1.64. The van der Waals surface area contributed by atoms with Gasteiger partial charge in [0.2, 0.25) is 0 Å². The van der Waals surface area contributed by atoms with E-state index in [1.54, 1.807) is 0 Å². The highest BCUT2D eigenvalue weighted by atomic mass is 19.1. The number of hydrogen-bond donors (Lipinski definition) is 3. The van der Waals surface area contributed by atoms with E-state index >= 15 is 0 Å². The smallest absolute Gasteiger partial charge is 0.326 e. The third-order valence-electron chi connectivity index (χ3n) is 2.70. The Balaban J connectivity index is 2.74. The van der Waals surface area contributed by atoms with Crippen molar-refractivity contribution >= 4 is 17.7 Å². The summed E-state index contributed by atoms with van der Waals surface area (Å²) in [7, 11) is 0. The van der Waals surface area contributed by atoms with E-state index in [-0.39, 0.29) is 6.42 Å². The average molecular weight is 304 g/mol. The Morgan fingerprint density at radius 2 is 1.81 bits per heavy atom. The van der Waals surface area contributed by atoms with Gasteiger partial charge in [-0.3, -0.25) is 0 Å². The summed E-state index contributed by atoms with van der Waals surface area (Å²) < 4.78 is 39.4. The maximum Gasteiger partial charge on any atom is 0.326 e. The Morgan fingerprint density at radius 3 is 2.29 bits per heavy atom. The standard InChI is InChI=1S/C13H15F3N2O3/c1-2-3-4-10(12(19)20)17-13(21)18-11-8(15)5-7(14)6-9(11)16/h5-6,10H,2-4H2,1H3,(H,19,20)(H2,17,18,21). The fourth-order valence-corrected chi connectivity index (χ4v) is 1.64. The van der Waals surface area contributed by atoms with Gasteiger partial charge in [-0.2, -0.15) is 0 Å². The van der Waals surface area contributed by atoms with E-state index in [0.717, 1.165) is 6.42 Å². The zero-order valence-electron chi connectivity index (χ0n) is 11.3. The van der Waals surface area contributed by atoms with E-state index in [1.165, 1.54) is 0 Å². The molecule has 0 radical (unpaired) electrons. The molecular weight excluding hydrogens is 289 g/mol. The number of amides is 2. The van der Waals surface area contributed by atoms with Crippen molar-refractivity contribution in [1.29, 1.82) is 0 Å². The van der Waals surface area contributed by atoms with E-state index in [4.69, 9.17) is 5.11 Å². The third kappa shape index (κ3) is 4.97. The highest BCUT2D eigenvalue weighted by molar-refractivity contribution is 5.92. The zero-order valence-corrected chi connectivity index (χ0v) is 11.3. The molecule has 2 amide bonds. The highest BCUT2D eigenvalue weighted by Crippen LogP contribution is 2.20. The molecule has 1 rings (SSSR count). The number of carboxylic acids is 1. The number of hydrogen-bond acceptors (Lipinski definition) is 2. The normalized spacial score (nSPS) is 11.8. The maximum atomic E-state index is 13.3. The Bertz CT molecular complexity index is 514. The van der Waals surface area contributed by atoms with Crippen molar-refractivity contribution in [1.82, 2.24) is 5.32 Å². The number of rotatable bonds is 6. The molecule has 0 saturated heterocycles. The van der Waals surface area contributed by atoms with Crippen LogP contribution in [0.3, 0.4) is 0 Å². The summed E-state index contributed by atoms with van der Waals surface area (Å²) in [4.78, 5) is 22.5. The number of aliphatic carboxylic acids is 1. The van der Waals surface area contributed by atoms with Crippen LogP contribution < -0.4 is 10.6 Å². The molecule has 5 nitrogen and oxygen atoms in total. The summed E-state index contributed by atoms with van der Waals surface area (Å²) in [5.41, 5.74) is -0.839. The topological polar surface area (TPSA) is 78.4 Å². The van der Waals surface area contributed by atoms with E-state index in [2.05, 4.69) is 5.32 Å². The summed E-state index contributed by atoms with van der Waals surface area (Å²) in [6, 6.07) is -1.44. The van der Waals surface area contributed by atoms with Gasteiger partial charge in [0.25, 0.3) is 0 Å². The van der Waals surface area contributed by atoms with Crippen molar-refractivity contribution < 1.29 is 27.9 Å². The number of nitrogens with one attached hydrogen (secondary N) is 2. The lowest BCUT2D eigenvalue weighted by molar-refractivity contribution is -0.139. The Morgan fingerprint density at radius 1 is 1.24 bits per heavy atom. The summed E-state index contributed by atoms with van der Waals surface area (Å²) in [6.07, 6.45) is 1.48. The molecule has 0 aliphatic rings. The molecule has 21 heavy (non-hydrogen) atoms. The second kappa shape index (κ2) is 7.51. The maximum absolute atomic E-state index is 13.3. The second-order valence-electron chi connectivity index (χ2n) is 4.38. The van der Waals surface area contributed by atoms with Gasteiger partial charge in [-0.25, -0.2) is 22.8 Å². The van der Waals surface area contributed by atoms with Gasteiger partial charge in [0, 0.05) is 12.1 Å². The van der Waals surface area contributed by atoms with Crippen molar-refractivity contribution in [2.24, 2.45) is 0 Å². The molecule has 0 aliphatic heterocycles. The molecule has 0 saturated carbocycles. The summed E-state index contributed by atoms with van der Waals surface area (Å²) in [5, 5.41) is 12.8. The molecule has 1 atom stereocenters. The van der Waals surface area contributed by atoms with Crippen molar-refractivity contribution in [3.63, 3.8) is 0 Å². The number of urea groups is 1. The lowest BCUT2D eigenvalue weighted by atomic mass is 10.1. The first-order chi connectivity index (χ1) is 9.85. The van der Waals surface area contributed by atoms with Crippen LogP contribution in [-0.2, 0) is 4.79 Å². The molecule has 8 heteroatoms. The van der Waals surface area contributed by atoms with Gasteiger partial charge in [-0.15, -0.1) is 0 Å². The molecule has 3 N–H and O–H groups in total. The number of carboxylic acid groups (broad SMARTS) is 1. The Hall–Kier alpha value is -2.25. The van der Waals surface area contributed by atoms with Gasteiger partial charge in [0.15, 0.2) is 11.6 Å². The Kier molecular flexibility index (Phi) is 6.01. The molecule has 116 valence electrons. The molecule has 0 aromatic heterocycles. The molecular formula is C13H15F3N2O3. The highest BCUT2D eigenvalue weighted by Gasteiger charge is 2.21. The van der Waals surface area contributed by atoms with Crippen LogP contribution in [0.15, 0.2) is 12.1 Å². The molecule has 1 aromatic rings. The van der Waals surface area contributed by atoms with Crippen molar-refractivity contribution in [2.45, 2.75) is 32.2 Å². The summed E-state index contributed by atoms with van der Waals surface area (Å²) in [6.45, 7) is 1.85. The molecule has 0 heterocycles. The third-order valence-corrected chi connectivity index (χ3v) is 2.70. The van der Waals surface area contributed by atoms with Crippen LogP contribution in [0.2, 0.25) is 0 Å². The predicted molar refractivity (Wildman–Crippen MR) is 69.4 cm³/mol. The fraction of sp³-hybridized carbons (Fsp3) is 0.385. The van der Waals surface area contributed by atoms with Gasteiger partial charge < -0.3 is 15.7 Å². The summed E-state index contributed by atoms with van der Waals surface area (Å²) >= 11 is 0. The van der Waals surface area contributed by atoms with Crippen LogP contribution >= 0.6 is 0 Å². The SMILES string of the molecule is CCCCC(NC(=O)Nc1c(F)cc(F)cc1F)C(=O)O. The number of benzene rings is 1. The minimum atomic E-state index is -1.29. The summed E-state index contributed by atoms with van der Waals surface area (Å²) in [5.74, 6) is -4.95. The molecule has 0 bridgehead atoms. The predicted octanol–water partition coefficient (Wildman–Crippen LogP) is 2.87. The largest absolute Gasteiger partial charge is 0.480 e. The number of anilines is 1. The van der Waals surface area contributed by atoms with E-state index in [1.807, 2.05) is 12.2 Å². The van der Waals surface area contributed by atoms with Gasteiger partial charge in [0.1, 0.15) is 17.5 Å². The van der Waals surface area contributed by atoms with Crippen LogP contribution in [0.4, 0.5) is 23.7 Å². The van der Waals surface area contributed by atoms with E-state index < -0.39 is 41.2 Å². The number of unbranched alkanes of at least 4 members (excludes halogenated alkanes) is 1. The van der Waals surface area contributed by atoms with Gasteiger partial charge >= 0.3 is 12.0 Å². The minimum absolute atomic E-state index is 0.188. The van der Waals surface area contributed by atoms with Gasteiger partial charge in [-0.05, 0) is 6.42 Å². The lowest BCUT2D eigenvalue weighted by Crippen LogP contribution is -2.43. The van der Waals surface area contributed by atoms with Gasteiger partial charge in [0.05, 0.1) is 0 Å².